The van der Waals surface area contributed by atoms with E-state index in [0.29, 0.717) is 31.2 Å². The molecule has 3 unspecified atom stereocenters. The minimum atomic E-state index is 0.365. The summed E-state index contributed by atoms with van der Waals surface area (Å²) in [6.07, 6.45) is 9.70. The molecule has 2 aliphatic heterocycles. The van der Waals surface area contributed by atoms with Gasteiger partial charge >= 0.3 is 0 Å². The Morgan fingerprint density at radius 3 is 1.81 bits per heavy atom. The number of benzene rings is 5. The molecular formula is C53H66N4O2. The molecule has 2 fully saturated rings. The lowest BCUT2D eigenvalue weighted by Crippen LogP contribution is -2.48. The molecular weight excluding hydrogens is 725 g/mol. The van der Waals surface area contributed by atoms with Gasteiger partial charge in [-0.1, -0.05) is 114 Å². The van der Waals surface area contributed by atoms with E-state index >= 15 is 0 Å². The molecule has 0 amide bonds. The van der Waals surface area contributed by atoms with E-state index in [4.69, 9.17) is 9.47 Å². The fourth-order valence-corrected chi connectivity index (χ4v) is 7.91. The number of allylic oxidation sites excluding steroid dienone is 2. The standard InChI is InChI=1S/C30H36N2O.C23H30N2O/c1-25(2)19-21-32(29-14-9-20-31(23-29)22-26-10-5-3-6-11-26)28-15-17-30(18-16-28)33-24-27-12-7-4-8-13-27;1-18(2)15-23(20-9-6-14-24-16-20)25-21-10-12-22(13-11-21)26-17-19-7-4-3-5-8-19/h3-8,10-13,15-19,29H,9,14,20-24H2,1-2H3;3-5,7-8,10-13,15,20,23-25H,6,9,14,16-17H2,1-2H3. The zero-order chi connectivity index (χ0) is 41.1. The largest absolute Gasteiger partial charge is 0.489 e. The Balaban J connectivity index is 0.000000204. The number of nitrogens with zero attached hydrogens (tertiary/aromatic N) is 2. The minimum Gasteiger partial charge on any atom is -0.489 e. The van der Waals surface area contributed by atoms with Crippen molar-refractivity contribution in [2.24, 2.45) is 5.92 Å². The molecule has 0 aromatic heterocycles. The number of ether oxygens (including phenoxy) is 2. The second-order valence-corrected chi connectivity index (χ2v) is 16.5. The van der Waals surface area contributed by atoms with Crippen LogP contribution in [0.4, 0.5) is 11.4 Å². The molecule has 0 radical (unpaired) electrons. The summed E-state index contributed by atoms with van der Waals surface area (Å²) in [6, 6.07) is 49.3. The first-order valence-corrected chi connectivity index (χ1v) is 21.7. The van der Waals surface area contributed by atoms with Crippen molar-refractivity contribution in [2.75, 3.05) is 42.9 Å². The van der Waals surface area contributed by atoms with Gasteiger partial charge in [-0.3, -0.25) is 4.90 Å². The summed E-state index contributed by atoms with van der Waals surface area (Å²) in [5.74, 6) is 2.45. The number of anilines is 2. The predicted octanol–water partition coefficient (Wildman–Crippen LogP) is 11.7. The summed E-state index contributed by atoms with van der Waals surface area (Å²) >= 11 is 0. The average molecular weight is 791 g/mol. The van der Waals surface area contributed by atoms with E-state index in [-0.39, 0.29) is 0 Å². The van der Waals surface area contributed by atoms with Crippen molar-refractivity contribution in [1.82, 2.24) is 10.2 Å². The molecule has 7 rings (SSSR count). The molecule has 5 aromatic carbocycles. The van der Waals surface area contributed by atoms with Crippen molar-refractivity contribution >= 4 is 11.4 Å². The highest BCUT2D eigenvalue weighted by Gasteiger charge is 2.26. The molecule has 6 heteroatoms. The van der Waals surface area contributed by atoms with E-state index < -0.39 is 0 Å². The maximum absolute atomic E-state index is 6.02. The first-order chi connectivity index (χ1) is 28.9. The van der Waals surface area contributed by atoms with E-state index in [0.717, 1.165) is 49.9 Å². The molecule has 2 aliphatic rings. The summed E-state index contributed by atoms with van der Waals surface area (Å²) in [6.45, 7) is 16.4. The van der Waals surface area contributed by atoms with Crippen molar-refractivity contribution in [1.29, 1.82) is 0 Å². The molecule has 59 heavy (non-hydrogen) atoms. The van der Waals surface area contributed by atoms with Crippen LogP contribution in [0.15, 0.2) is 163 Å². The third-order valence-electron chi connectivity index (χ3n) is 11.1. The lowest BCUT2D eigenvalue weighted by Gasteiger charge is -2.40. The highest BCUT2D eigenvalue weighted by Crippen LogP contribution is 2.27. The number of nitrogens with one attached hydrogen (secondary N) is 2. The van der Waals surface area contributed by atoms with Crippen LogP contribution in [-0.2, 0) is 19.8 Å². The fourth-order valence-electron chi connectivity index (χ4n) is 7.91. The van der Waals surface area contributed by atoms with E-state index in [9.17, 15) is 0 Å². The van der Waals surface area contributed by atoms with E-state index in [1.807, 2.05) is 48.5 Å². The van der Waals surface area contributed by atoms with Crippen molar-refractivity contribution < 1.29 is 9.47 Å². The highest BCUT2D eigenvalue weighted by atomic mass is 16.5. The van der Waals surface area contributed by atoms with Crippen LogP contribution in [0.5, 0.6) is 11.5 Å². The summed E-state index contributed by atoms with van der Waals surface area (Å²) < 4.78 is 11.9. The van der Waals surface area contributed by atoms with Crippen LogP contribution >= 0.6 is 0 Å². The van der Waals surface area contributed by atoms with Gasteiger partial charge in [0.15, 0.2) is 0 Å². The molecule has 310 valence electrons. The Hall–Kier alpha value is -5.30. The maximum atomic E-state index is 6.02. The van der Waals surface area contributed by atoms with Gasteiger partial charge < -0.3 is 25.0 Å². The maximum Gasteiger partial charge on any atom is 0.119 e. The van der Waals surface area contributed by atoms with Crippen LogP contribution in [-0.4, -0.2) is 49.7 Å². The summed E-state index contributed by atoms with van der Waals surface area (Å²) in [5.41, 5.74) is 8.90. The van der Waals surface area contributed by atoms with Gasteiger partial charge in [0.25, 0.3) is 0 Å². The van der Waals surface area contributed by atoms with Gasteiger partial charge in [-0.05, 0) is 138 Å². The zero-order valence-electron chi connectivity index (χ0n) is 35.9. The third-order valence-corrected chi connectivity index (χ3v) is 11.1. The van der Waals surface area contributed by atoms with Crippen LogP contribution in [0.2, 0.25) is 0 Å². The van der Waals surface area contributed by atoms with Gasteiger partial charge in [-0.25, -0.2) is 0 Å². The van der Waals surface area contributed by atoms with Crippen LogP contribution in [0.3, 0.4) is 0 Å². The quantitative estimate of drug-likeness (QED) is 0.0971. The Morgan fingerprint density at radius 1 is 0.695 bits per heavy atom. The number of likely N-dealkylation sites (tertiary alicyclic amines) is 1. The average Bonchev–Trinajstić information content (AvgIpc) is 3.27. The third kappa shape index (κ3) is 14.8. The Morgan fingerprint density at radius 2 is 1.27 bits per heavy atom. The van der Waals surface area contributed by atoms with Gasteiger partial charge in [0.1, 0.15) is 24.7 Å². The number of rotatable bonds is 16. The Labute approximate surface area is 355 Å². The molecule has 3 atom stereocenters. The number of piperidine rings is 2. The Kier molecular flexibility index (Phi) is 17.1. The Bertz CT molecular complexity index is 1970. The molecule has 6 nitrogen and oxygen atoms in total. The second kappa shape index (κ2) is 23.3. The lowest BCUT2D eigenvalue weighted by atomic mass is 9.90. The molecule has 2 N–H and O–H groups in total. The minimum absolute atomic E-state index is 0.365. The smallest absolute Gasteiger partial charge is 0.119 e. The van der Waals surface area contributed by atoms with Gasteiger partial charge in [0.05, 0.1) is 0 Å². The second-order valence-electron chi connectivity index (χ2n) is 16.5. The van der Waals surface area contributed by atoms with Crippen LogP contribution in [0.1, 0.15) is 70.1 Å². The molecule has 0 saturated carbocycles. The van der Waals surface area contributed by atoms with Crippen LogP contribution in [0, 0.1) is 5.92 Å². The van der Waals surface area contributed by atoms with Crippen molar-refractivity contribution in [2.45, 2.75) is 85.2 Å². The first-order valence-electron chi connectivity index (χ1n) is 21.7. The van der Waals surface area contributed by atoms with Gasteiger partial charge in [0, 0.05) is 49.6 Å². The summed E-state index contributed by atoms with van der Waals surface area (Å²) in [7, 11) is 0. The monoisotopic (exact) mass is 791 g/mol. The van der Waals surface area contributed by atoms with Crippen molar-refractivity contribution in [3.63, 3.8) is 0 Å². The molecule has 5 aromatic rings. The van der Waals surface area contributed by atoms with E-state index in [2.05, 4.69) is 151 Å². The normalized spacial score (nSPS) is 17.0. The van der Waals surface area contributed by atoms with Gasteiger partial charge in [0.2, 0.25) is 0 Å². The summed E-state index contributed by atoms with van der Waals surface area (Å²) in [4.78, 5) is 5.18. The predicted molar refractivity (Wildman–Crippen MR) is 248 cm³/mol. The lowest BCUT2D eigenvalue weighted by molar-refractivity contribution is 0.197. The van der Waals surface area contributed by atoms with Gasteiger partial charge in [-0.2, -0.15) is 0 Å². The van der Waals surface area contributed by atoms with Crippen molar-refractivity contribution in [3.05, 3.63) is 180 Å². The van der Waals surface area contributed by atoms with Gasteiger partial charge in [-0.15, -0.1) is 0 Å². The molecule has 0 aliphatic carbocycles. The first kappa shape index (κ1) is 43.3. The fraction of sp³-hybridized carbons (Fsp3) is 0.358. The SMILES string of the molecule is CC(C)=CC(Nc1ccc(OCc2ccccc2)cc1)C1CCCNC1.CC(C)=CCN(c1ccc(OCc2ccccc2)cc1)C1CCCN(Cc2ccccc2)C1. The molecule has 2 saturated heterocycles. The zero-order valence-corrected chi connectivity index (χ0v) is 35.9. The highest BCUT2D eigenvalue weighted by molar-refractivity contribution is 5.51. The molecule has 2 heterocycles. The summed E-state index contributed by atoms with van der Waals surface area (Å²) in [5, 5.41) is 7.24. The van der Waals surface area contributed by atoms with E-state index in [1.54, 1.807) is 0 Å². The number of hydrogen-bond donors (Lipinski definition) is 2. The van der Waals surface area contributed by atoms with Crippen LogP contribution in [0.25, 0.3) is 0 Å². The molecule has 0 spiro atoms. The van der Waals surface area contributed by atoms with Crippen molar-refractivity contribution in [3.8, 4) is 11.5 Å². The van der Waals surface area contributed by atoms with E-state index in [1.165, 1.54) is 65.8 Å². The van der Waals surface area contributed by atoms with Crippen LogP contribution < -0.4 is 25.0 Å². The number of hydrogen-bond acceptors (Lipinski definition) is 6. The molecule has 0 bridgehead atoms. The topological polar surface area (TPSA) is 49.0 Å².